The molecule has 5 nitrogen and oxygen atoms in total. The molecular weight excluding hydrogens is 266 g/mol. The Hall–Kier alpha value is -0.170. The smallest absolute Gasteiger partial charge is 0.217 e. The van der Waals surface area contributed by atoms with Crippen molar-refractivity contribution in [3.8, 4) is 0 Å². The molecule has 2 aliphatic heterocycles. The summed E-state index contributed by atoms with van der Waals surface area (Å²) in [4.78, 5) is 0. The monoisotopic (exact) mass is 289 g/mol. The van der Waals surface area contributed by atoms with Gasteiger partial charge in [0.25, 0.3) is 0 Å². The number of nitrogens with zero attached hydrogens (tertiary/aromatic N) is 1. The van der Waals surface area contributed by atoms with Crippen LogP contribution < -0.4 is 0 Å². The first kappa shape index (κ1) is 13.8. The zero-order chi connectivity index (χ0) is 13.5. The Morgan fingerprint density at radius 2 is 2.21 bits per heavy atom. The average molecular weight is 289 g/mol. The highest BCUT2D eigenvalue weighted by Gasteiger charge is 2.49. The van der Waals surface area contributed by atoms with Crippen molar-refractivity contribution >= 4 is 10.0 Å². The van der Waals surface area contributed by atoms with Crippen molar-refractivity contribution in [1.82, 2.24) is 4.31 Å². The summed E-state index contributed by atoms with van der Waals surface area (Å²) in [7, 11) is -3.07. The van der Waals surface area contributed by atoms with E-state index in [4.69, 9.17) is 9.47 Å². The van der Waals surface area contributed by atoms with Gasteiger partial charge < -0.3 is 9.47 Å². The first-order valence-corrected chi connectivity index (χ1v) is 8.81. The van der Waals surface area contributed by atoms with Crippen molar-refractivity contribution in [2.75, 3.05) is 26.3 Å². The number of hydrogen-bond donors (Lipinski definition) is 0. The Morgan fingerprint density at radius 3 is 2.89 bits per heavy atom. The Kier molecular flexibility index (Phi) is 3.62. The number of ether oxygens (including phenoxy) is 2. The van der Waals surface area contributed by atoms with Crippen LogP contribution in [-0.4, -0.2) is 56.0 Å². The van der Waals surface area contributed by atoms with Crippen LogP contribution in [0.1, 0.15) is 39.0 Å². The Labute approximate surface area is 115 Å². The lowest BCUT2D eigenvalue weighted by Gasteiger charge is -2.39. The summed E-state index contributed by atoms with van der Waals surface area (Å²) in [5.41, 5.74) is -0.292. The fourth-order valence-corrected chi connectivity index (χ4v) is 5.23. The van der Waals surface area contributed by atoms with Crippen LogP contribution in [0, 0.1) is 0 Å². The van der Waals surface area contributed by atoms with E-state index in [1.54, 1.807) is 4.31 Å². The van der Waals surface area contributed by atoms with Crippen molar-refractivity contribution in [1.29, 1.82) is 0 Å². The van der Waals surface area contributed by atoms with E-state index in [0.29, 0.717) is 26.3 Å². The highest BCUT2D eigenvalue weighted by atomic mass is 32.2. The number of rotatable bonds is 4. The molecule has 3 fully saturated rings. The van der Waals surface area contributed by atoms with E-state index in [2.05, 4.69) is 0 Å². The second-order valence-electron chi connectivity index (χ2n) is 5.96. The third-order valence-corrected chi connectivity index (χ3v) is 6.73. The summed E-state index contributed by atoms with van der Waals surface area (Å²) in [5.74, 6) is 0. The molecule has 0 aromatic heterocycles. The molecule has 6 heteroatoms. The number of sulfonamides is 1. The molecule has 0 aromatic rings. The predicted octanol–water partition coefficient (Wildman–Crippen LogP) is 1.14. The molecule has 2 saturated heterocycles. The van der Waals surface area contributed by atoms with Gasteiger partial charge in [0.2, 0.25) is 10.0 Å². The van der Waals surface area contributed by atoms with Gasteiger partial charge in [0.05, 0.1) is 23.6 Å². The summed E-state index contributed by atoms with van der Waals surface area (Å²) in [6.45, 7) is 4.45. The zero-order valence-electron chi connectivity index (χ0n) is 11.5. The van der Waals surface area contributed by atoms with E-state index >= 15 is 0 Å². The molecule has 2 atom stereocenters. The van der Waals surface area contributed by atoms with Gasteiger partial charge in [0.1, 0.15) is 0 Å². The standard InChI is InChI=1S/C13H23NO4S/c1-2-17-11-8-13(18-9-11)6-3-7-14(10-13)19(15,16)12-4-5-12/h11-12H,2-10H2,1H3/t11-,13+/m1/s1. The highest BCUT2D eigenvalue weighted by Crippen LogP contribution is 2.39. The number of hydrogen-bond acceptors (Lipinski definition) is 4. The maximum atomic E-state index is 12.3. The Balaban J connectivity index is 1.68. The maximum Gasteiger partial charge on any atom is 0.217 e. The molecule has 1 spiro atoms. The van der Waals surface area contributed by atoms with Gasteiger partial charge in [-0.15, -0.1) is 0 Å². The summed E-state index contributed by atoms with van der Waals surface area (Å²) >= 11 is 0. The van der Waals surface area contributed by atoms with Crippen LogP contribution in [0.2, 0.25) is 0 Å². The van der Waals surface area contributed by atoms with Crippen LogP contribution >= 0.6 is 0 Å². The largest absolute Gasteiger partial charge is 0.376 e. The zero-order valence-corrected chi connectivity index (χ0v) is 12.3. The quantitative estimate of drug-likeness (QED) is 0.779. The van der Waals surface area contributed by atoms with E-state index in [-0.39, 0.29) is 17.0 Å². The highest BCUT2D eigenvalue weighted by molar-refractivity contribution is 7.90. The van der Waals surface area contributed by atoms with Crippen LogP contribution in [0.25, 0.3) is 0 Å². The first-order valence-electron chi connectivity index (χ1n) is 7.30. The summed E-state index contributed by atoms with van der Waals surface area (Å²) in [6, 6.07) is 0. The molecule has 110 valence electrons. The molecule has 0 N–H and O–H groups in total. The third-order valence-electron chi connectivity index (χ3n) is 4.39. The fourth-order valence-electron chi connectivity index (χ4n) is 3.28. The van der Waals surface area contributed by atoms with Crippen molar-refractivity contribution in [3.05, 3.63) is 0 Å². The van der Waals surface area contributed by atoms with Crippen LogP contribution in [0.3, 0.4) is 0 Å². The fraction of sp³-hybridized carbons (Fsp3) is 1.00. The van der Waals surface area contributed by atoms with Crippen molar-refractivity contribution < 1.29 is 17.9 Å². The normalized spacial score (nSPS) is 37.0. The van der Waals surface area contributed by atoms with Gasteiger partial charge in [-0.2, -0.15) is 4.31 Å². The minimum absolute atomic E-state index is 0.119. The van der Waals surface area contributed by atoms with Gasteiger partial charge >= 0.3 is 0 Å². The van der Waals surface area contributed by atoms with E-state index in [1.807, 2.05) is 6.92 Å². The van der Waals surface area contributed by atoms with Gasteiger partial charge in [-0.3, -0.25) is 0 Å². The molecule has 0 bridgehead atoms. The molecule has 3 aliphatic rings. The predicted molar refractivity (Wildman–Crippen MR) is 71.5 cm³/mol. The van der Waals surface area contributed by atoms with Gasteiger partial charge in [-0.1, -0.05) is 0 Å². The second kappa shape index (κ2) is 4.98. The van der Waals surface area contributed by atoms with Gasteiger partial charge in [0, 0.05) is 26.1 Å². The molecule has 1 aliphatic carbocycles. The summed E-state index contributed by atoms with van der Waals surface area (Å²) in [6.07, 6.45) is 4.46. The molecule has 0 aromatic carbocycles. The minimum Gasteiger partial charge on any atom is -0.376 e. The topological polar surface area (TPSA) is 55.8 Å². The van der Waals surface area contributed by atoms with E-state index in [0.717, 1.165) is 32.1 Å². The van der Waals surface area contributed by atoms with E-state index < -0.39 is 10.0 Å². The SMILES string of the molecule is CCO[C@H]1CO[C@@]2(CCCN(S(=O)(=O)C3CC3)C2)C1. The van der Waals surface area contributed by atoms with Crippen molar-refractivity contribution in [2.24, 2.45) is 0 Å². The third kappa shape index (κ3) is 2.68. The van der Waals surface area contributed by atoms with Crippen LogP contribution in [0.15, 0.2) is 0 Å². The van der Waals surface area contributed by atoms with Crippen molar-refractivity contribution in [3.63, 3.8) is 0 Å². The summed E-state index contributed by atoms with van der Waals surface area (Å²) < 4.78 is 37.9. The molecule has 2 heterocycles. The van der Waals surface area contributed by atoms with E-state index in [9.17, 15) is 8.42 Å². The van der Waals surface area contributed by atoms with Gasteiger partial charge in [-0.05, 0) is 32.6 Å². The Bertz CT molecular complexity index is 434. The first-order chi connectivity index (χ1) is 9.06. The van der Waals surface area contributed by atoms with Gasteiger partial charge in [-0.25, -0.2) is 8.42 Å². The van der Waals surface area contributed by atoms with Crippen molar-refractivity contribution in [2.45, 2.75) is 56.0 Å². The molecule has 1 saturated carbocycles. The lowest BCUT2D eigenvalue weighted by Crippen LogP contribution is -2.51. The Morgan fingerprint density at radius 1 is 1.42 bits per heavy atom. The lowest BCUT2D eigenvalue weighted by atomic mass is 9.90. The van der Waals surface area contributed by atoms with E-state index in [1.165, 1.54) is 0 Å². The van der Waals surface area contributed by atoms with Crippen LogP contribution in [0.4, 0.5) is 0 Å². The molecule has 0 unspecified atom stereocenters. The maximum absolute atomic E-state index is 12.3. The molecule has 0 radical (unpaired) electrons. The molecule has 0 amide bonds. The van der Waals surface area contributed by atoms with Crippen LogP contribution in [-0.2, 0) is 19.5 Å². The molecular formula is C13H23NO4S. The molecule has 19 heavy (non-hydrogen) atoms. The number of piperidine rings is 1. The summed E-state index contributed by atoms with van der Waals surface area (Å²) in [5, 5.41) is -0.119. The minimum atomic E-state index is -3.07. The average Bonchev–Trinajstić information content (AvgIpc) is 3.17. The van der Waals surface area contributed by atoms with Gasteiger partial charge in [0.15, 0.2) is 0 Å². The van der Waals surface area contributed by atoms with Crippen LogP contribution in [0.5, 0.6) is 0 Å². The molecule has 3 rings (SSSR count). The lowest BCUT2D eigenvalue weighted by molar-refractivity contribution is -0.0353. The second-order valence-corrected chi connectivity index (χ2v) is 8.17.